The van der Waals surface area contributed by atoms with Gasteiger partial charge in [-0.2, -0.15) is 0 Å². The molecule has 1 aromatic carbocycles. The van der Waals surface area contributed by atoms with Crippen LogP contribution in [0.5, 0.6) is 0 Å². The van der Waals surface area contributed by atoms with Gasteiger partial charge >= 0.3 is 0 Å². The number of aliphatic imine (C=N–C) groups is 1. The van der Waals surface area contributed by atoms with E-state index in [1.54, 1.807) is 0 Å². The van der Waals surface area contributed by atoms with Gasteiger partial charge in [0, 0.05) is 43.4 Å². The van der Waals surface area contributed by atoms with Gasteiger partial charge in [-0.15, -0.1) is 0 Å². The molecule has 1 saturated heterocycles. The Kier molecular flexibility index (Phi) is 7.82. The molecule has 0 aromatic heterocycles. The number of nitrogens with zero attached hydrogens (tertiary/aromatic N) is 1. The molecule has 0 atom stereocenters. The van der Waals surface area contributed by atoms with Gasteiger partial charge in [0.2, 0.25) is 0 Å². The van der Waals surface area contributed by atoms with Crippen LogP contribution in [0.15, 0.2) is 29.3 Å². The summed E-state index contributed by atoms with van der Waals surface area (Å²) in [7, 11) is 0. The maximum atomic E-state index is 6.44. The maximum absolute atomic E-state index is 6.44. The molecular weight excluding hydrogens is 326 g/mol. The predicted octanol–water partition coefficient (Wildman–Crippen LogP) is 2.72. The molecule has 6 heteroatoms. The Morgan fingerprint density at radius 3 is 2.83 bits per heavy atom. The van der Waals surface area contributed by atoms with Gasteiger partial charge in [0.25, 0.3) is 0 Å². The van der Waals surface area contributed by atoms with Gasteiger partial charge in [-0.1, -0.05) is 29.8 Å². The van der Waals surface area contributed by atoms with Crippen LogP contribution in [0, 0.1) is 0 Å². The largest absolute Gasteiger partial charge is 0.382 e. The standard InChI is InChI=1S/C18H28ClN3O2/c1-2-23-11-5-10-21-17(20)22-14-18(8-12-24-13-9-18)15-6-3-4-7-16(15)19/h3-4,6-7H,2,5,8-14H2,1H3,(H3,20,21,22). The van der Waals surface area contributed by atoms with Crippen LogP contribution in [-0.2, 0) is 14.9 Å². The SMILES string of the molecule is CCOCCCNC(N)=NCC1(c2ccccc2Cl)CCOCC1. The molecule has 134 valence electrons. The lowest BCUT2D eigenvalue weighted by Crippen LogP contribution is -2.39. The predicted molar refractivity (Wildman–Crippen MR) is 98.8 cm³/mol. The smallest absolute Gasteiger partial charge is 0.188 e. The molecule has 0 radical (unpaired) electrons. The molecule has 0 spiro atoms. The first-order valence-corrected chi connectivity index (χ1v) is 9.00. The summed E-state index contributed by atoms with van der Waals surface area (Å²) in [4.78, 5) is 4.58. The number of nitrogens with one attached hydrogen (secondary N) is 1. The summed E-state index contributed by atoms with van der Waals surface area (Å²) in [6, 6.07) is 8.01. The van der Waals surface area contributed by atoms with Crippen LogP contribution in [0.1, 0.15) is 31.7 Å². The van der Waals surface area contributed by atoms with Gasteiger partial charge in [0.15, 0.2) is 5.96 Å². The lowest BCUT2D eigenvalue weighted by atomic mass is 9.74. The van der Waals surface area contributed by atoms with Crippen LogP contribution < -0.4 is 11.1 Å². The van der Waals surface area contributed by atoms with E-state index < -0.39 is 0 Å². The molecule has 1 aliphatic rings. The Labute approximate surface area is 149 Å². The molecule has 5 nitrogen and oxygen atoms in total. The second-order valence-electron chi connectivity index (χ2n) is 6.05. The Bertz CT molecular complexity index is 531. The van der Waals surface area contributed by atoms with Crippen LogP contribution in [0.3, 0.4) is 0 Å². The summed E-state index contributed by atoms with van der Waals surface area (Å²) in [5.74, 6) is 0.476. The normalized spacial score (nSPS) is 17.7. The number of guanidine groups is 1. The molecule has 0 amide bonds. The van der Waals surface area contributed by atoms with Crippen LogP contribution in [0.25, 0.3) is 0 Å². The monoisotopic (exact) mass is 353 g/mol. The third-order valence-corrected chi connectivity index (χ3v) is 4.75. The fourth-order valence-electron chi connectivity index (χ4n) is 2.99. The molecule has 3 N–H and O–H groups in total. The number of ether oxygens (including phenoxy) is 2. The van der Waals surface area contributed by atoms with Crippen molar-refractivity contribution in [2.75, 3.05) is 39.5 Å². The zero-order valence-corrected chi connectivity index (χ0v) is 15.1. The molecule has 1 aromatic rings. The fraction of sp³-hybridized carbons (Fsp3) is 0.611. The number of benzene rings is 1. The van der Waals surface area contributed by atoms with E-state index in [9.17, 15) is 0 Å². The minimum absolute atomic E-state index is 0.103. The van der Waals surface area contributed by atoms with Crippen LogP contribution >= 0.6 is 11.6 Å². The molecule has 0 bridgehead atoms. The number of halogens is 1. The second-order valence-corrected chi connectivity index (χ2v) is 6.46. The third kappa shape index (κ3) is 5.36. The first-order valence-electron chi connectivity index (χ1n) is 8.62. The highest BCUT2D eigenvalue weighted by atomic mass is 35.5. The Morgan fingerprint density at radius 2 is 2.12 bits per heavy atom. The van der Waals surface area contributed by atoms with Crippen molar-refractivity contribution in [3.8, 4) is 0 Å². The van der Waals surface area contributed by atoms with Crippen LogP contribution in [-0.4, -0.2) is 45.5 Å². The molecule has 1 heterocycles. The Balaban J connectivity index is 1.99. The van der Waals surface area contributed by atoms with Crippen LogP contribution in [0.4, 0.5) is 0 Å². The summed E-state index contributed by atoms with van der Waals surface area (Å²) in [6.07, 6.45) is 2.71. The minimum Gasteiger partial charge on any atom is -0.382 e. The summed E-state index contributed by atoms with van der Waals surface area (Å²) in [6.45, 7) is 6.29. The van der Waals surface area contributed by atoms with Gasteiger partial charge in [0.05, 0.1) is 6.54 Å². The number of nitrogens with two attached hydrogens (primary N) is 1. The van der Waals surface area contributed by atoms with Gasteiger partial charge in [0.1, 0.15) is 0 Å². The highest BCUT2D eigenvalue weighted by molar-refractivity contribution is 6.31. The number of rotatable bonds is 8. The van der Waals surface area contributed by atoms with Crippen molar-refractivity contribution < 1.29 is 9.47 Å². The molecule has 0 aliphatic carbocycles. The molecule has 0 unspecified atom stereocenters. The molecular formula is C18H28ClN3O2. The van der Waals surface area contributed by atoms with Crippen molar-refractivity contribution in [3.05, 3.63) is 34.9 Å². The lowest BCUT2D eigenvalue weighted by Gasteiger charge is -2.37. The maximum Gasteiger partial charge on any atom is 0.188 e. The van der Waals surface area contributed by atoms with E-state index >= 15 is 0 Å². The van der Waals surface area contributed by atoms with Gasteiger partial charge in [-0.3, -0.25) is 4.99 Å². The molecule has 0 saturated carbocycles. The van der Waals surface area contributed by atoms with Crippen LogP contribution in [0.2, 0.25) is 5.02 Å². The highest BCUT2D eigenvalue weighted by Crippen LogP contribution is 2.38. The van der Waals surface area contributed by atoms with Gasteiger partial charge in [-0.25, -0.2) is 0 Å². The number of hydrogen-bond donors (Lipinski definition) is 2. The van der Waals surface area contributed by atoms with Crippen molar-refractivity contribution in [3.63, 3.8) is 0 Å². The van der Waals surface area contributed by atoms with E-state index in [0.29, 0.717) is 12.5 Å². The third-order valence-electron chi connectivity index (χ3n) is 4.42. The first-order chi connectivity index (χ1) is 11.7. The molecule has 1 aliphatic heterocycles. The fourth-order valence-corrected chi connectivity index (χ4v) is 3.33. The van der Waals surface area contributed by atoms with E-state index in [0.717, 1.165) is 62.8 Å². The summed E-state index contributed by atoms with van der Waals surface area (Å²) in [5, 5.41) is 3.94. The zero-order chi connectivity index (χ0) is 17.3. The van der Waals surface area contributed by atoms with Crippen molar-refractivity contribution in [2.45, 2.75) is 31.6 Å². The zero-order valence-electron chi connectivity index (χ0n) is 14.4. The van der Waals surface area contributed by atoms with Crippen molar-refractivity contribution in [1.29, 1.82) is 0 Å². The first kappa shape index (κ1) is 19.0. The summed E-state index contributed by atoms with van der Waals surface area (Å²) >= 11 is 6.44. The topological polar surface area (TPSA) is 68.9 Å². The Morgan fingerprint density at radius 1 is 1.38 bits per heavy atom. The van der Waals surface area contributed by atoms with E-state index in [4.69, 9.17) is 26.8 Å². The van der Waals surface area contributed by atoms with E-state index in [2.05, 4.69) is 16.4 Å². The summed E-state index contributed by atoms with van der Waals surface area (Å²) < 4.78 is 10.9. The van der Waals surface area contributed by atoms with E-state index in [-0.39, 0.29) is 5.41 Å². The highest BCUT2D eigenvalue weighted by Gasteiger charge is 2.35. The quantitative estimate of drug-likeness (QED) is 0.428. The lowest BCUT2D eigenvalue weighted by molar-refractivity contribution is 0.0531. The van der Waals surface area contributed by atoms with E-state index in [1.165, 1.54) is 0 Å². The molecule has 1 fully saturated rings. The van der Waals surface area contributed by atoms with Crippen molar-refractivity contribution >= 4 is 17.6 Å². The minimum atomic E-state index is -0.103. The number of hydrogen-bond acceptors (Lipinski definition) is 3. The Hall–Kier alpha value is -1.30. The van der Waals surface area contributed by atoms with Crippen molar-refractivity contribution in [2.24, 2.45) is 10.7 Å². The van der Waals surface area contributed by atoms with Crippen molar-refractivity contribution in [1.82, 2.24) is 5.32 Å². The summed E-state index contributed by atoms with van der Waals surface area (Å²) in [5.41, 5.74) is 7.05. The average Bonchev–Trinajstić information content (AvgIpc) is 2.61. The second kappa shape index (κ2) is 9.87. The van der Waals surface area contributed by atoms with Gasteiger partial charge in [-0.05, 0) is 37.8 Å². The van der Waals surface area contributed by atoms with Gasteiger partial charge < -0.3 is 20.5 Å². The van der Waals surface area contributed by atoms with E-state index in [1.807, 2.05) is 25.1 Å². The molecule has 24 heavy (non-hydrogen) atoms. The molecule has 2 rings (SSSR count). The average molecular weight is 354 g/mol.